The minimum atomic E-state index is -0.131. The van der Waals surface area contributed by atoms with Crippen LogP contribution >= 0.6 is 0 Å². The van der Waals surface area contributed by atoms with E-state index in [1.807, 2.05) is 31.2 Å². The van der Waals surface area contributed by atoms with E-state index in [1.54, 1.807) is 6.07 Å². The van der Waals surface area contributed by atoms with Gasteiger partial charge in [-0.2, -0.15) is 5.10 Å². The number of aromatic amines is 1. The molecule has 1 aromatic carbocycles. The van der Waals surface area contributed by atoms with Crippen LogP contribution in [-0.4, -0.2) is 16.1 Å². The first-order chi connectivity index (χ1) is 8.69. The minimum Gasteiger partial charge on any atom is -0.305 e. The Morgan fingerprint density at radius 3 is 2.94 bits per heavy atom. The number of nitrogens with zero attached hydrogens (tertiary/aromatic N) is 1. The molecule has 0 fully saturated rings. The zero-order chi connectivity index (χ0) is 13.0. The summed E-state index contributed by atoms with van der Waals surface area (Å²) in [5, 5.41) is 9.76. The van der Waals surface area contributed by atoms with Gasteiger partial charge in [0, 0.05) is 17.3 Å². The SMILES string of the molecule is CCCc1cc(NC(=O)c2cccc(C)c2)n[nH]1. The quantitative estimate of drug-likeness (QED) is 0.867. The van der Waals surface area contributed by atoms with Crippen molar-refractivity contribution in [2.45, 2.75) is 26.7 Å². The predicted octanol–water partition coefficient (Wildman–Crippen LogP) is 2.92. The second kappa shape index (κ2) is 5.49. The van der Waals surface area contributed by atoms with Gasteiger partial charge in [0.2, 0.25) is 0 Å². The number of H-pyrrole nitrogens is 1. The lowest BCUT2D eigenvalue weighted by atomic mass is 10.1. The summed E-state index contributed by atoms with van der Waals surface area (Å²) in [7, 11) is 0. The molecule has 0 saturated heterocycles. The molecular weight excluding hydrogens is 226 g/mol. The van der Waals surface area contributed by atoms with E-state index in [0.717, 1.165) is 24.1 Å². The van der Waals surface area contributed by atoms with Crippen molar-refractivity contribution in [2.75, 3.05) is 5.32 Å². The summed E-state index contributed by atoms with van der Waals surface area (Å²) in [6, 6.07) is 9.36. The average molecular weight is 243 g/mol. The van der Waals surface area contributed by atoms with Gasteiger partial charge in [0.15, 0.2) is 5.82 Å². The summed E-state index contributed by atoms with van der Waals surface area (Å²) in [5.41, 5.74) is 2.75. The van der Waals surface area contributed by atoms with Crippen molar-refractivity contribution in [2.24, 2.45) is 0 Å². The molecule has 0 spiro atoms. The van der Waals surface area contributed by atoms with Crippen LogP contribution < -0.4 is 5.32 Å². The summed E-state index contributed by atoms with van der Waals surface area (Å²) < 4.78 is 0. The maximum absolute atomic E-state index is 12.0. The summed E-state index contributed by atoms with van der Waals surface area (Å²) >= 11 is 0. The van der Waals surface area contributed by atoms with E-state index < -0.39 is 0 Å². The lowest BCUT2D eigenvalue weighted by molar-refractivity contribution is 0.102. The molecule has 2 aromatic rings. The molecule has 0 saturated carbocycles. The summed E-state index contributed by atoms with van der Waals surface area (Å²) in [6.45, 7) is 4.07. The molecule has 1 amide bonds. The maximum Gasteiger partial charge on any atom is 0.256 e. The van der Waals surface area contributed by atoms with Crippen LogP contribution in [0.25, 0.3) is 0 Å². The van der Waals surface area contributed by atoms with Crippen molar-refractivity contribution < 1.29 is 4.79 Å². The van der Waals surface area contributed by atoms with Crippen molar-refractivity contribution in [3.63, 3.8) is 0 Å². The summed E-state index contributed by atoms with van der Waals surface area (Å²) in [5.74, 6) is 0.443. The molecule has 0 atom stereocenters. The Morgan fingerprint density at radius 1 is 1.39 bits per heavy atom. The van der Waals surface area contributed by atoms with E-state index in [4.69, 9.17) is 0 Å². The molecule has 0 bridgehead atoms. The molecule has 2 N–H and O–H groups in total. The molecule has 18 heavy (non-hydrogen) atoms. The Bertz CT molecular complexity index is 545. The smallest absolute Gasteiger partial charge is 0.256 e. The number of hydrogen-bond acceptors (Lipinski definition) is 2. The lowest BCUT2D eigenvalue weighted by Crippen LogP contribution is -2.12. The number of nitrogens with one attached hydrogen (secondary N) is 2. The topological polar surface area (TPSA) is 57.8 Å². The van der Waals surface area contributed by atoms with Crippen LogP contribution in [0.5, 0.6) is 0 Å². The van der Waals surface area contributed by atoms with Crippen LogP contribution in [0, 0.1) is 6.92 Å². The third kappa shape index (κ3) is 2.97. The third-order valence-corrected chi connectivity index (χ3v) is 2.67. The van der Waals surface area contributed by atoms with Crippen molar-refractivity contribution in [3.05, 3.63) is 47.2 Å². The molecule has 0 aliphatic carbocycles. The molecule has 1 aromatic heterocycles. The normalized spacial score (nSPS) is 10.3. The first-order valence-corrected chi connectivity index (χ1v) is 6.11. The Hall–Kier alpha value is -2.10. The highest BCUT2D eigenvalue weighted by Gasteiger charge is 2.08. The summed E-state index contributed by atoms with van der Waals surface area (Å²) in [4.78, 5) is 12.0. The van der Waals surface area contributed by atoms with Gasteiger partial charge in [-0.05, 0) is 25.5 Å². The van der Waals surface area contributed by atoms with Gasteiger partial charge in [-0.25, -0.2) is 0 Å². The number of rotatable bonds is 4. The number of anilines is 1. The largest absolute Gasteiger partial charge is 0.305 e. The van der Waals surface area contributed by atoms with E-state index in [-0.39, 0.29) is 5.91 Å². The van der Waals surface area contributed by atoms with Crippen LogP contribution in [0.4, 0.5) is 5.82 Å². The number of carbonyl (C=O) groups is 1. The molecule has 94 valence electrons. The van der Waals surface area contributed by atoms with Crippen molar-refractivity contribution >= 4 is 11.7 Å². The van der Waals surface area contributed by atoms with E-state index in [9.17, 15) is 4.79 Å². The van der Waals surface area contributed by atoms with Crippen molar-refractivity contribution in [1.29, 1.82) is 0 Å². The minimum absolute atomic E-state index is 0.131. The van der Waals surface area contributed by atoms with Gasteiger partial charge in [0.05, 0.1) is 0 Å². The van der Waals surface area contributed by atoms with Crippen LogP contribution in [0.2, 0.25) is 0 Å². The third-order valence-electron chi connectivity index (χ3n) is 2.67. The van der Waals surface area contributed by atoms with Crippen LogP contribution in [0.3, 0.4) is 0 Å². The number of carbonyl (C=O) groups excluding carboxylic acids is 1. The fraction of sp³-hybridized carbons (Fsp3) is 0.286. The van der Waals surface area contributed by atoms with Crippen LogP contribution in [0.15, 0.2) is 30.3 Å². The first-order valence-electron chi connectivity index (χ1n) is 6.11. The second-order valence-electron chi connectivity index (χ2n) is 4.35. The van der Waals surface area contributed by atoms with Gasteiger partial charge in [-0.1, -0.05) is 31.0 Å². The van der Waals surface area contributed by atoms with E-state index in [0.29, 0.717) is 11.4 Å². The zero-order valence-electron chi connectivity index (χ0n) is 10.7. The second-order valence-corrected chi connectivity index (χ2v) is 4.35. The number of aryl methyl sites for hydroxylation is 2. The summed E-state index contributed by atoms with van der Waals surface area (Å²) in [6.07, 6.45) is 1.99. The Labute approximate surface area is 106 Å². The van der Waals surface area contributed by atoms with E-state index in [1.165, 1.54) is 0 Å². The fourth-order valence-corrected chi connectivity index (χ4v) is 1.80. The first kappa shape index (κ1) is 12.4. The van der Waals surface area contributed by atoms with Gasteiger partial charge < -0.3 is 5.32 Å². The number of hydrogen-bond donors (Lipinski definition) is 2. The van der Waals surface area contributed by atoms with Gasteiger partial charge in [0.1, 0.15) is 0 Å². The highest BCUT2D eigenvalue weighted by Crippen LogP contribution is 2.10. The highest BCUT2D eigenvalue weighted by atomic mass is 16.1. The van der Waals surface area contributed by atoms with Crippen molar-refractivity contribution in [3.8, 4) is 0 Å². The Kier molecular flexibility index (Phi) is 3.77. The number of benzene rings is 1. The van der Waals surface area contributed by atoms with Gasteiger partial charge in [-0.15, -0.1) is 0 Å². The lowest BCUT2D eigenvalue weighted by Gasteiger charge is -2.02. The molecule has 2 rings (SSSR count). The van der Waals surface area contributed by atoms with Crippen LogP contribution in [0.1, 0.15) is 35.0 Å². The number of amides is 1. The number of aromatic nitrogens is 2. The average Bonchev–Trinajstić information content (AvgIpc) is 2.77. The van der Waals surface area contributed by atoms with Gasteiger partial charge >= 0.3 is 0 Å². The van der Waals surface area contributed by atoms with Crippen molar-refractivity contribution in [1.82, 2.24) is 10.2 Å². The Morgan fingerprint density at radius 2 is 2.22 bits per heavy atom. The molecule has 0 unspecified atom stereocenters. The highest BCUT2D eigenvalue weighted by molar-refractivity contribution is 6.03. The molecule has 0 aliphatic rings. The maximum atomic E-state index is 12.0. The fourth-order valence-electron chi connectivity index (χ4n) is 1.80. The standard InChI is InChI=1S/C14H17N3O/c1-3-5-12-9-13(17-16-12)15-14(18)11-7-4-6-10(2)8-11/h4,6-9H,3,5H2,1-2H3,(H2,15,16,17,18). The molecule has 1 heterocycles. The zero-order valence-corrected chi connectivity index (χ0v) is 10.7. The predicted molar refractivity (Wildman–Crippen MR) is 71.7 cm³/mol. The van der Waals surface area contributed by atoms with E-state index >= 15 is 0 Å². The van der Waals surface area contributed by atoms with E-state index in [2.05, 4.69) is 22.4 Å². The molecule has 4 heteroatoms. The Balaban J connectivity index is 2.06. The molecule has 4 nitrogen and oxygen atoms in total. The van der Waals surface area contributed by atoms with Crippen LogP contribution in [-0.2, 0) is 6.42 Å². The molecular formula is C14H17N3O. The molecule has 0 aliphatic heterocycles. The van der Waals surface area contributed by atoms with Gasteiger partial charge in [0.25, 0.3) is 5.91 Å². The monoisotopic (exact) mass is 243 g/mol. The molecule has 0 radical (unpaired) electrons. The van der Waals surface area contributed by atoms with Gasteiger partial charge in [-0.3, -0.25) is 9.89 Å².